The summed E-state index contributed by atoms with van der Waals surface area (Å²) in [4.78, 5) is 0. The Labute approximate surface area is 80.6 Å². The molecule has 1 saturated heterocycles. The van der Waals surface area contributed by atoms with E-state index in [9.17, 15) is 13.9 Å². The summed E-state index contributed by atoms with van der Waals surface area (Å²) in [5, 5.41) is 12.4. The number of benzene rings is 1. The summed E-state index contributed by atoms with van der Waals surface area (Å²) >= 11 is 0. The molecule has 0 radical (unpaired) electrons. The summed E-state index contributed by atoms with van der Waals surface area (Å²) in [5.74, 6) is -2.68. The lowest BCUT2D eigenvalue weighted by molar-refractivity contribution is 0.347. The molecule has 1 aliphatic heterocycles. The maximum atomic E-state index is 13.1. The predicted octanol–water partition coefficient (Wildman–Crippen LogP) is 2.01. The van der Waals surface area contributed by atoms with E-state index in [-0.39, 0.29) is 11.6 Å². The Bertz CT molecular complexity index is 375. The summed E-state index contributed by atoms with van der Waals surface area (Å²) in [6.45, 7) is 2.34. The van der Waals surface area contributed by atoms with Crippen molar-refractivity contribution >= 4 is 0 Å². The van der Waals surface area contributed by atoms with Crippen LogP contribution in [0.5, 0.6) is 5.75 Å². The SMILES string of the molecule is Cc1cc([C@H]2CCN2)c(O)c(F)c1F. The van der Waals surface area contributed by atoms with Gasteiger partial charge in [0.1, 0.15) is 0 Å². The zero-order valence-electron chi connectivity index (χ0n) is 7.77. The van der Waals surface area contributed by atoms with Crippen LogP contribution in [0.2, 0.25) is 0 Å². The number of rotatable bonds is 1. The number of hydrogen-bond donors (Lipinski definition) is 2. The van der Waals surface area contributed by atoms with Crippen LogP contribution in [0.3, 0.4) is 0 Å². The molecule has 0 unspecified atom stereocenters. The van der Waals surface area contributed by atoms with Crippen LogP contribution in [0, 0.1) is 18.6 Å². The van der Waals surface area contributed by atoms with E-state index in [2.05, 4.69) is 5.32 Å². The zero-order chi connectivity index (χ0) is 10.3. The van der Waals surface area contributed by atoms with Gasteiger partial charge in [0.15, 0.2) is 11.6 Å². The Hall–Kier alpha value is -1.16. The van der Waals surface area contributed by atoms with Crippen LogP contribution in [-0.2, 0) is 0 Å². The molecule has 0 bridgehead atoms. The van der Waals surface area contributed by atoms with Gasteiger partial charge < -0.3 is 10.4 Å². The number of halogens is 2. The topological polar surface area (TPSA) is 32.3 Å². The number of phenols is 1. The lowest BCUT2D eigenvalue weighted by atomic mass is 9.95. The second kappa shape index (κ2) is 3.20. The molecule has 14 heavy (non-hydrogen) atoms. The molecule has 2 nitrogen and oxygen atoms in total. The molecule has 0 spiro atoms. The van der Waals surface area contributed by atoms with Gasteiger partial charge in [-0.25, -0.2) is 4.39 Å². The molecular weight excluding hydrogens is 188 g/mol. The van der Waals surface area contributed by atoms with Gasteiger partial charge in [-0.3, -0.25) is 0 Å². The Morgan fingerprint density at radius 3 is 2.57 bits per heavy atom. The molecule has 4 heteroatoms. The Kier molecular flexibility index (Phi) is 2.15. The first kappa shape index (κ1) is 9.40. The first-order valence-electron chi connectivity index (χ1n) is 4.52. The maximum Gasteiger partial charge on any atom is 0.200 e. The highest BCUT2D eigenvalue weighted by Gasteiger charge is 2.25. The minimum Gasteiger partial charge on any atom is -0.505 e. The van der Waals surface area contributed by atoms with E-state index in [0.717, 1.165) is 13.0 Å². The van der Waals surface area contributed by atoms with Gasteiger partial charge in [0.2, 0.25) is 5.82 Å². The first-order chi connectivity index (χ1) is 6.61. The largest absolute Gasteiger partial charge is 0.505 e. The normalized spacial score (nSPS) is 20.6. The van der Waals surface area contributed by atoms with Crippen molar-refractivity contribution in [2.24, 2.45) is 0 Å². The Morgan fingerprint density at radius 2 is 2.07 bits per heavy atom. The van der Waals surface area contributed by atoms with E-state index in [1.54, 1.807) is 0 Å². The van der Waals surface area contributed by atoms with Crippen molar-refractivity contribution in [1.82, 2.24) is 5.32 Å². The summed E-state index contributed by atoms with van der Waals surface area (Å²) in [5.41, 5.74) is 0.677. The molecule has 1 heterocycles. The van der Waals surface area contributed by atoms with Crippen LogP contribution >= 0.6 is 0 Å². The number of aryl methyl sites for hydroxylation is 1. The zero-order valence-corrected chi connectivity index (χ0v) is 7.77. The molecule has 76 valence electrons. The molecule has 1 aromatic carbocycles. The molecule has 0 aliphatic carbocycles. The van der Waals surface area contributed by atoms with Crippen molar-refractivity contribution in [2.45, 2.75) is 19.4 Å². The van der Waals surface area contributed by atoms with Crippen LogP contribution < -0.4 is 5.32 Å². The average Bonchev–Trinajstić information content (AvgIpc) is 2.08. The number of phenolic OH excluding ortho intramolecular Hbond substituents is 1. The summed E-state index contributed by atoms with van der Waals surface area (Å²) < 4.78 is 26.1. The van der Waals surface area contributed by atoms with Gasteiger partial charge in [-0.1, -0.05) is 0 Å². The van der Waals surface area contributed by atoms with Crippen LogP contribution in [-0.4, -0.2) is 11.7 Å². The fourth-order valence-corrected chi connectivity index (χ4v) is 1.59. The van der Waals surface area contributed by atoms with Crippen molar-refractivity contribution in [3.05, 3.63) is 28.8 Å². The van der Waals surface area contributed by atoms with E-state index in [1.807, 2.05) is 0 Å². The quantitative estimate of drug-likeness (QED) is 0.725. The van der Waals surface area contributed by atoms with Crippen LogP contribution in [0.15, 0.2) is 6.07 Å². The van der Waals surface area contributed by atoms with Crippen LogP contribution in [0.25, 0.3) is 0 Å². The van der Waals surface area contributed by atoms with Gasteiger partial charge in [0, 0.05) is 11.6 Å². The summed E-state index contributed by atoms with van der Waals surface area (Å²) in [7, 11) is 0. The second-order valence-electron chi connectivity index (χ2n) is 3.55. The van der Waals surface area contributed by atoms with Crippen LogP contribution in [0.1, 0.15) is 23.6 Å². The molecule has 1 atom stereocenters. The minimum atomic E-state index is -1.14. The predicted molar refractivity (Wildman–Crippen MR) is 48.1 cm³/mol. The third-order valence-electron chi connectivity index (χ3n) is 2.59. The molecule has 0 saturated carbocycles. The molecule has 1 aromatic rings. The summed E-state index contributed by atoms with van der Waals surface area (Å²) in [6.07, 6.45) is 0.845. The second-order valence-corrected chi connectivity index (χ2v) is 3.55. The minimum absolute atomic E-state index is 0.0381. The monoisotopic (exact) mass is 199 g/mol. The number of nitrogens with one attached hydrogen (secondary N) is 1. The molecule has 2 N–H and O–H groups in total. The lowest BCUT2D eigenvalue weighted by Crippen LogP contribution is -2.35. The molecule has 2 rings (SSSR count). The third-order valence-corrected chi connectivity index (χ3v) is 2.59. The van der Waals surface area contributed by atoms with Gasteiger partial charge in [0.25, 0.3) is 0 Å². The molecule has 1 fully saturated rings. The van der Waals surface area contributed by atoms with Crippen LogP contribution in [0.4, 0.5) is 8.78 Å². The van der Waals surface area contributed by atoms with Gasteiger partial charge in [-0.15, -0.1) is 0 Å². The van der Waals surface area contributed by atoms with Gasteiger partial charge in [-0.05, 0) is 31.5 Å². The third kappa shape index (κ3) is 1.26. The summed E-state index contributed by atoms with van der Waals surface area (Å²) in [6, 6.07) is 1.45. The lowest BCUT2D eigenvalue weighted by Gasteiger charge is -2.29. The maximum absolute atomic E-state index is 13.1. The fraction of sp³-hybridized carbons (Fsp3) is 0.400. The number of aromatic hydroxyl groups is 1. The highest BCUT2D eigenvalue weighted by atomic mass is 19.2. The van der Waals surface area contributed by atoms with Gasteiger partial charge in [0.05, 0.1) is 0 Å². The standard InChI is InChI=1S/C10H11F2NO/c1-5-4-6(7-2-3-13-7)10(14)9(12)8(5)11/h4,7,13-14H,2-3H2,1H3/t7-/m1/s1. The average molecular weight is 199 g/mol. The fourth-order valence-electron chi connectivity index (χ4n) is 1.59. The molecular formula is C10H11F2NO. The van der Waals surface area contributed by atoms with Crippen molar-refractivity contribution in [1.29, 1.82) is 0 Å². The first-order valence-corrected chi connectivity index (χ1v) is 4.52. The van der Waals surface area contributed by atoms with Crippen molar-refractivity contribution in [3.63, 3.8) is 0 Å². The van der Waals surface area contributed by atoms with E-state index in [0.29, 0.717) is 5.56 Å². The highest BCUT2D eigenvalue weighted by Crippen LogP contribution is 2.34. The highest BCUT2D eigenvalue weighted by molar-refractivity contribution is 5.41. The molecule has 0 aromatic heterocycles. The Balaban J connectivity index is 2.49. The van der Waals surface area contributed by atoms with Gasteiger partial charge in [-0.2, -0.15) is 4.39 Å². The smallest absolute Gasteiger partial charge is 0.200 e. The Morgan fingerprint density at radius 1 is 1.43 bits per heavy atom. The van der Waals surface area contributed by atoms with E-state index in [4.69, 9.17) is 0 Å². The van der Waals surface area contributed by atoms with Crippen molar-refractivity contribution in [2.75, 3.05) is 6.54 Å². The van der Waals surface area contributed by atoms with E-state index >= 15 is 0 Å². The molecule has 1 aliphatic rings. The number of hydrogen-bond acceptors (Lipinski definition) is 2. The van der Waals surface area contributed by atoms with E-state index < -0.39 is 17.4 Å². The molecule has 0 amide bonds. The van der Waals surface area contributed by atoms with Gasteiger partial charge >= 0.3 is 0 Å². The van der Waals surface area contributed by atoms with Crippen molar-refractivity contribution in [3.8, 4) is 5.75 Å². The van der Waals surface area contributed by atoms with E-state index in [1.165, 1.54) is 13.0 Å². The van der Waals surface area contributed by atoms with Crippen molar-refractivity contribution < 1.29 is 13.9 Å².